The number of hydrogen-bond donors (Lipinski definition) is 0. The number of methoxy groups -OCH3 is 1. The van der Waals surface area contributed by atoms with Gasteiger partial charge in [-0.05, 0) is 12.1 Å². The van der Waals surface area contributed by atoms with Gasteiger partial charge in [0.15, 0.2) is 6.61 Å². The summed E-state index contributed by atoms with van der Waals surface area (Å²) >= 11 is 1.72. The van der Waals surface area contributed by atoms with Crippen molar-refractivity contribution in [3.8, 4) is 11.5 Å². The molecule has 1 fully saturated rings. The molecular weight excluding hydrogens is 374 g/mol. The minimum Gasteiger partial charge on any atom is -0.497 e. The van der Waals surface area contributed by atoms with Gasteiger partial charge in [0.2, 0.25) is 0 Å². The Bertz CT molecular complexity index is 792. The van der Waals surface area contributed by atoms with Crippen molar-refractivity contribution in [3.05, 3.63) is 40.3 Å². The third kappa shape index (κ3) is 5.45. The molecule has 2 aromatic rings. The van der Waals surface area contributed by atoms with Crippen LogP contribution in [0.15, 0.2) is 29.6 Å². The molecule has 0 aliphatic carbocycles. The zero-order valence-electron chi connectivity index (χ0n) is 17.1. The number of rotatable bonds is 6. The molecule has 0 radical (unpaired) electrons. The maximum atomic E-state index is 12.4. The van der Waals surface area contributed by atoms with Crippen molar-refractivity contribution in [3.63, 3.8) is 0 Å². The fourth-order valence-electron chi connectivity index (χ4n) is 3.00. The summed E-state index contributed by atoms with van der Waals surface area (Å²) in [6.45, 7) is 10.6. The zero-order valence-corrected chi connectivity index (χ0v) is 17.9. The van der Waals surface area contributed by atoms with Gasteiger partial charge in [0.1, 0.15) is 16.5 Å². The number of amides is 1. The average molecular weight is 404 g/mol. The summed E-state index contributed by atoms with van der Waals surface area (Å²) in [7, 11) is 1.61. The number of thiazole rings is 1. The van der Waals surface area contributed by atoms with E-state index in [4.69, 9.17) is 14.5 Å². The van der Waals surface area contributed by atoms with Gasteiger partial charge in [-0.2, -0.15) is 0 Å². The maximum absolute atomic E-state index is 12.4. The van der Waals surface area contributed by atoms with Gasteiger partial charge in [-0.3, -0.25) is 9.69 Å². The van der Waals surface area contributed by atoms with Crippen LogP contribution in [-0.2, 0) is 16.8 Å². The second-order valence-electron chi connectivity index (χ2n) is 8.00. The Morgan fingerprint density at radius 3 is 2.54 bits per heavy atom. The summed E-state index contributed by atoms with van der Waals surface area (Å²) in [6.07, 6.45) is 0. The number of ether oxygens (including phenoxy) is 2. The summed E-state index contributed by atoms with van der Waals surface area (Å²) in [4.78, 5) is 21.5. The maximum Gasteiger partial charge on any atom is 0.260 e. The molecule has 2 heterocycles. The van der Waals surface area contributed by atoms with E-state index in [0.717, 1.165) is 49.2 Å². The molecule has 0 N–H and O–H groups in total. The molecule has 6 nitrogen and oxygen atoms in total. The van der Waals surface area contributed by atoms with Crippen molar-refractivity contribution in [1.29, 1.82) is 0 Å². The van der Waals surface area contributed by atoms with Crippen LogP contribution in [0.25, 0.3) is 0 Å². The molecule has 3 rings (SSSR count). The Labute approximate surface area is 171 Å². The number of hydrogen-bond acceptors (Lipinski definition) is 6. The Balaban J connectivity index is 1.44. The van der Waals surface area contributed by atoms with Crippen LogP contribution in [-0.4, -0.2) is 60.6 Å². The largest absolute Gasteiger partial charge is 0.497 e. The Morgan fingerprint density at radius 2 is 1.89 bits per heavy atom. The summed E-state index contributed by atoms with van der Waals surface area (Å²) in [6, 6.07) is 7.31. The SMILES string of the molecule is COc1cccc(OCC(=O)N2CCN(Cc3nc(C(C)(C)C)cs3)CC2)c1. The lowest BCUT2D eigenvalue weighted by atomic mass is 9.93. The van der Waals surface area contributed by atoms with Crippen LogP contribution in [0.1, 0.15) is 31.5 Å². The Kier molecular flexibility index (Phi) is 6.57. The van der Waals surface area contributed by atoms with Crippen LogP contribution in [0.5, 0.6) is 11.5 Å². The third-order valence-electron chi connectivity index (χ3n) is 4.81. The van der Waals surface area contributed by atoms with E-state index in [9.17, 15) is 4.79 Å². The normalized spacial score (nSPS) is 15.5. The van der Waals surface area contributed by atoms with Crippen LogP contribution in [0, 0.1) is 0 Å². The molecule has 1 saturated heterocycles. The summed E-state index contributed by atoms with van der Waals surface area (Å²) in [5, 5.41) is 3.30. The first-order chi connectivity index (χ1) is 13.3. The minimum atomic E-state index is 0.0201. The summed E-state index contributed by atoms with van der Waals surface area (Å²) < 4.78 is 10.8. The fourth-order valence-corrected chi connectivity index (χ4v) is 4.06. The van der Waals surface area contributed by atoms with Gasteiger partial charge in [0, 0.05) is 43.0 Å². The monoisotopic (exact) mass is 403 g/mol. The van der Waals surface area contributed by atoms with Gasteiger partial charge in [-0.1, -0.05) is 26.8 Å². The van der Waals surface area contributed by atoms with Crippen molar-refractivity contribution in [2.75, 3.05) is 39.9 Å². The van der Waals surface area contributed by atoms with Crippen LogP contribution >= 0.6 is 11.3 Å². The highest BCUT2D eigenvalue weighted by Crippen LogP contribution is 2.25. The molecule has 1 aliphatic rings. The summed E-state index contributed by atoms with van der Waals surface area (Å²) in [5.41, 5.74) is 1.24. The molecular formula is C21H29N3O3S. The molecule has 0 unspecified atom stereocenters. The number of aromatic nitrogens is 1. The third-order valence-corrected chi connectivity index (χ3v) is 5.64. The van der Waals surface area contributed by atoms with Crippen LogP contribution in [0.3, 0.4) is 0 Å². The Hall–Kier alpha value is -2.12. The van der Waals surface area contributed by atoms with E-state index >= 15 is 0 Å². The summed E-state index contributed by atoms with van der Waals surface area (Å²) in [5.74, 6) is 1.38. The molecule has 0 atom stereocenters. The molecule has 0 saturated carbocycles. The van der Waals surface area contributed by atoms with Crippen molar-refractivity contribution < 1.29 is 14.3 Å². The second-order valence-corrected chi connectivity index (χ2v) is 8.94. The Morgan fingerprint density at radius 1 is 1.18 bits per heavy atom. The lowest BCUT2D eigenvalue weighted by Crippen LogP contribution is -2.49. The molecule has 1 aromatic heterocycles. The smallest absolute Gasteiger partial charge is 0.260 e. The number of benzene rings is 1. The topological polar surface area (TPSA) is 54.9 Å². The van der Waals surface area contributed by atoms with E-state index < -0.39 is 0 Å². The van der Waals surface area contributed by atoms with Crippen LogP contribution in [0.4, 0.5) is 0 Å². The molecule has 1 amide bonds. The van der Waals surface area contributed by atoms with E-state index in [2.05, 4.69) is 31.1 Å². The lowest BCUT2D eigenvalue weighted by molar-refractivity contribution is -0.135. The number of nitrogens with zero attached hydrogens (tertiary/aromatic N) is 3. The predicted molar refractivity (Wildman–Crippen MR) is 111 cm³/mol. The van der Waals surface area contributed by atoms with Gasteiger partial charge in [-0.15, -0.1) is 11.3 Å². The van der Waals surface area contributed by atoms with E-state index in [1.807, 2.05) is 23.1 Å². The van der Waals surface area contributed by atoms with E-state index in [1.165, 1.54) is 0 Å². The van der Waals surface area contributed by atoms with Crippen molar-refractivity contribution in [2.24, 2.45) is 0 Å². The highest BCUT2D eigenvalue weighted by atomic mass is 32.1. The standard InChI is InChI=1S/C21H29N3O3S/c1-21(2,3)18-15-28-19(22-18)13-23-8-10-24(11-9-23)20(25)14-27-17-7-5-6-16(12-17)26-4/h5-7,12,15H,8-11,13-14H2,1-4H3. The molecule has 28 heavy (non-hydrogen) atoms. The quantitative estimate of drug-likeness (QED) is 0.742. The lowest BCUT2D eigenvalue weighted by Gasteiger charge is -2.34. The van der Waals surface area contributed by atoms with Gasteiger partial charge in [0.05, 0.1) is 19.3 Å². The molecule has 0 bridgehead atoms. The van der Waals surface area contributed by atoms with E-state index in [1.54, 1.807) is 24.5 Å². The molecule has 0 spiro atoms. The van der Waals surface area contributed by atoms with Crippen molar-refractivity contribution in [2.45, 2.75) is 32.7 Å². The highest BCUT2D eigenvalue weighted by Gasteiger charge is 2.23. The average Bonchev–Trinajstić information content (AvgIpc) is 3.16. The second kappa shape index (κ2) is 8.92. The van der Waals surface area contributed by atoms with Crippen molar-refractivity contribution in [1.82, 2.24) is 14.8 Å². The number of carbonyl (C=O) groups excluding carboxylic acids is 1. The van der Waals surface area contributed by atoms with E-state index in [0.29, 0.717) is 5.75 Å². The molecule has 1 aliphatic heterocycles. The number of carbonyl (C=O) groups is 1. The van der Waals surface area contributed by atoms with Crippen molar-refractivity contribution >= 4 is 17.2 Å². The van der Waals surface area contributed by atoms with Crippen LogP contribution in [0.2, 0.25) is 0 Å². The first-order valence-electron chi connectivity index (χ1n) is 9.57. The van der Waals surface area contributed by atoms with Gasteiger partial charge < -0.3 is 14.4 Å². The van der Waals surface area contributed by atoms with Gasteiger partial charge in [0.25, 0.3) is 5.91 Å². The van der Waals surface area contributed by atoms with Crippen LogP contribution < -0.4 is 9.47 Å². The highest BCUT2D eigenvalue weighted by molar-refractivity contribution is 7.09. The molecule has 7 heteroatoms. The zero-order chi connectivity index (χ0) is 20.1. The molecule has 1 aromatic carbocycles. The predicted octanol–water partition coefficient (Wildman–Crippen LogP) is 3.17. The molecule has 152 valence electrons. The van der Waals surface area contributed by atoms with Gasteiger partial charge in [-0.25, -0.2) is 4.98 Å². The van der Waals surface area contributed by atoms with E-state index in [-0.39, 0.29) is 17.9 Å². The first-order valence-corrected chi connectivity index (χ1v) is 10.4. The first kappa shape index (κ1) is 20.6. The minimum absolute atomic E-state index is 0.0201. The number of piperazine rings is 1. The van der Waals surface area contributed by atoms with Gasteiger partial charge >= 0.3 is 0 Å². The fraction of sp³-hybridized carbons (Fsp3) is 0.524.